The molecule has 0 bridgehead atoms. The van der Waals surface area contributed by atoms with Gasteiger partial charge in [-0.3, -0.25) is 9.59 Å². The molecule has 2 amide bonds. The van der Waals surface area contributed by atoms with Crippen LogP contribution in [-0.2, 0) is 14.3 Å². The van der Waals surface area contributed by atoms with E-state index >= 15 is 0 Å². The standard InChI is InChI=1S/C20H19ClN2O3/c1-14(12-15-2-4-16(21)5-3-15)20(25)22-17-6-8-18(9-7-17)23-10-11-26-13-19(23)24/h2-9,12H,10-11,13H2,1H3,(H,22,25)/b14-12+. The number of halogens is 1. The molecule has 1 saturated heterocycles. The summed E-state index contributed by atoms with van der Waals surface area (Å²) in [6.07, 6.45) is 1.80. The lowest BCUT2D eigenvalue weighted by Gasteiger charge is -2.26. The maximum atomic E-state index is 12.3. The van der Waals surface area contributed by atoms with Crippen LogP contribution in [0.15, 0.2) is 54.1 Å². The first kappa shape index (κ1) is 18.2. The molecule has 1 aliphatic rings. The molecule has 5 nitrogen and oxygen atoms in total. The minimum atomic E-state index is -0.185. The predicted octanol–water partition coefficient (Wildman–Crippen LogP) is 3.75. The van der Waals surface area contributed by atoms with Crippen molar-refractivity contribution in [3.8, 4) is 0 Å². The van der Waals surface area contributed by atoms with Crippen molar-refractivity contribution in [3.05, 3.63) is 64.7 Å². The van der Waals surface area contributed by atoms with Crippen molar-refractivity contribution in [3.63, 3.8) is 0 Å². The van der Waals surface area contributed by atoms with Crippen LogP contribution in [0.3, 0.4) is 0 Å². The zero-order valence-electron chi connectivity index (χ0n) is 14.4. The summed E-state index contributed by atoms with van der Waals surface area (Å²) in [6, 6.07) is 14.5. The Kier molecular flexibility index (Phi) is 5.71. The second-order valence-electron chi connectivity index (χ2n) is 5.98. The van der Waals surface area contributed by atoms with Gasteiger partial charge >= 0.3 is 0 Å². The number of rotatable bonds is 4. The lowest BCUT2D eigenvalue weighted by Crippen LogP contribution is -2.41. The fourth-order valence-electron chi connectivity index (χ4n) is 2.62. The van der Waals surface area contributed by atoms with Gasteiger partial charge in [-0.1, -0.05) is 23.7 Å². The van der Waals surface area contributed by atoms with Crippen molar-refractivity contribution in [2.75, 3.05) is 30.0 Å². The van der Waals surface area contributed by atoms with E-state index < -0.39 is 0 Å². The maximum absolute atomic E-state index is 12.3. The number of ether oxygens (including phenoxy) is 1. The van der Waals surface area contributed by atoms with E-state index in [0.29, 0.717) is 29.4 Å². The van der Waals surface area contributed by atoms with E-state index in [9.17, 15) is 9.59 Å². The van der Waals surface area contributed by atoms with Crippen molar-refractivity contribution in [1.82, 2.24) is 0 Å². The molecule has 0 unspecified atom stereocenters. The van der Waals surface area contributed by atoms with Crippen LogP contribution in [-0.4, -0.2) is 31.6 Å². The van der Waals surface area contributed by atoms with Gasteiger partial charge in [-0.25, -0.2) is 0 Å². The van der Waals surface area contributed by atoms with Gasteiger partial charge in [0.1, 0.15) is 6.61 Å². The van der Waals surface area contributed by atoms with E-state index in [1.54, 1.807) is 42.2 Å². The number of amides is 2. The normalized spacial score (nSPS) is 15.1. The predicted molar refractivity (Wildman–Crippen MR) is 103 cm³/mol. The quantitative estimate of drug-likeness (QED) is 0.834. The highest BCUT2D eigenvalue weighted by atomic mass is 35.5. The Hall–Kier alpha value is -2.63. The van der Waals surface area contributed by atoms with E-state index in [1.165, 1.54) is 0 Å². The number of carbonyl (C=O) groups excluding carboxylic acids is 2. The SMILES string of the molecule is C/C(=C\c1ccc(Cl)cc1)C(=O)Nc1ccc(N2CCOCC2=O)cc1. The molecule has 2 aromatic carbocycles. The molecule has 1 heterocycles. The van der Waals surface area contributed by atoms with Crippen molar-refractivity contribution < 1.29 is 14.3 Å². The summed E-state index contributed by atoms with van der Waals surface area (Å²) in [5.74, 6) is -0.245. The van der Waals surface area contributed by atoms with Gasteiger partial charge in [0.25, 0.3) is 11.8 Å². The van der Waals surface area contributed by atoms with Crippen LogP contribution in [0, 0.1) is 0 Å². The number of hydrogen-bond acceptors (Lipinski definition) is 3. The summed E-state index contributed by atoms with van der Waals surface area (Å²) in [6.45, 7) is 2.92. The average molecular weight is 371 g/mol. The van der Waals surface area contributed by atoms with Gasteiger partial charge in [0.15, 0.2) is 0 Å². The van der Waals surface area contributed by atoms with Crippen LogP contribution < -0.4 is 10.2 Å². The van der Waals surface area contributed by atoms with Gasteiger partial charge < -0.3 is 15.0 Å². The molecular weight excluding hydrogens is 352 g/mol. The number of carbonyl (C=O) groups is 2. The Labute approximate surface area is 157 Å². The summed E-state index contributed by atoms with van der Waals surface area (Å²) in [4.78, 5) is 25.9. The van der Waals surface area contributed by atoms with Crippen molar-refractivity contribution in [2.24, 2.45) is 0 Å². The number of morpholine rings is 1. The molecule has 0 saturated carbocycles. The number of hydrogen-bond donors (Lipinski definition) is 1. The molecule has 26 heavy (non-hydrogen) atoms. The summed E-state index contributed by atoms with van der Waals surface area (Å²) in [7, 11) is 0. The molecule has 3 rings (SSSR count). The van der Waals surface area contributed by atoms with Crippen LogP contribution in [0.4, 0.5) is 11.4 Å². The van der Waals surface area contributed by atoms with Gasteiger partial charge in [-0.15, -0.1) is 0 Å². The number of nitrogens with zero attached hydrogens (tertiary/aromatic N) is 1. The van der Waals surface area contributed by atoms with Crippen LogP contribution >= 0.6 is 11.6 Å². The first-order valence-corrected chi connectivity index (χ1v) is 8.64. The molecule has 0 aliphatic carbocycles. The van der Waals surface area contributed by atoms with Gasteiger partial charge in [-0.2, -0.15) is 0 Å². The first-order chi connectivity index (χ1) is 12.5. The molecule has 0 atom stereocenters. The second-order valence-corrected chi connectivity index (χ2v) is 6.41. The minimum absolute atomic E-state index is 0.0604. The maximum Gasteiger partial charge on any atom is 0.253 e. The van der Waals surface area contributed by atoms with Crippen molar-refractivity contribution in [2.45, 2.75) is 6.92 Å². The van der Waals surface area contributed by atoms with Crippen molar-refractivity contribution in [1.29, 1.82) is 0 Å². The Morgan fingerprint density at radius 1 is 1.15 bits per heavy atom. The topological polar surface area (TPSA) is 58.6 Å². The smallest absolute Gasteiger partial charge is 0.253 e. The lowest BCUT2D eigenvalue weighted by atomic mass is 10.1. The molecule has 0 spiro atoms. The number of anilines is 2. The van der Waals surface area contributed by atoms with Crippen LogP contribution in [0.2, 0.25) is 5.02 Å². The van der Waals surface area contributed by atoms with Gasteiger partial charge in [-0.05, 0) is 55.0 Å². The lowest BCUT2D eigenvalue weighted by molar-refractivity contribution is -0.125. The van der Waals surface area contributed by atoms with Crippen LogP contribution in [0.5, 0.6) is 0 Å². The zero-order chi connectivity index (χ0) is 18.5. The molecule has 1 N–H and O–H groups in total. The Morgan fingerprint density at radius 3 is 2.50 bits per heavy atom. The summed E-state index contributed by atoms with van der Waals surface area (Å²) in [5.41, 5.74) is 2.95. The fourth-order valence-corrected chi connectivity index (χ4v) is 2.75. The zero-order valence-corrected chi connectivity index (χ0v) is 15.1. The first-order valence-electron chi connectivity index (χ1n) is 8.26. The van der Waals surface area contributed by atoms with E-state index in [4.69, 9.17) is 16.3 Å². The fraction of sp³-hybridized carbons (Fsp3) is 0.200. The summed E-state index contributed by atoms with van der Waals surface area (Å²) < 4.78 is 5.13. The van der Waals surface area contributed by atoms with E-state index in [-0.39, 0.29) is 18.4 Å². The van der Waals surface area contributed by atoms with Gasteiger partial charge in [0.05, 0.1) is 6.61 Å². The highest BCUT2D eigenvalue weighted by Gasteiger charge is 2.19. The van der Waals surface area contributed by atoms with Crippen LogP contribution in [0.25, 0.3) is 6.08 Å². The summed E-state index contributed by atoms with van der Waals surface area (Å²) in [5, 5.41) is 3.51. The summed E-state index contributed by atoms with van der Waals surface area (Å²) >= 11 is 5.86. The molecule has 0 aromatic heterocycles. The van der Waals surface area contributed by atoms with Gasteiger partial charge in [0, 0.05) is 28.5 Å². The largest absolute Gasteiger partial charge is 0.370 e. The Balaban J connectivity index is 1.65. The highest BCUT2D eigenvalue weighted by Crippen LogP contribution is 2.20. The van der Waals surface area contributed by atoms with E-state index in [2.05, 4.69) is 5.32 Å². The molecule has 6 heteroatoms. The van der Waals surface area contributed by atoms with E-state index in [0.717, 1.165) is 11.3 Å². The molecule has 0 radical (unpaired) electrons. The molecule has 1 fully saturated rings. The number of nitrogens with one attached hydrogen (secondary N) is 1. The third-order valence-corrected chi connectivity index (χ3v) is 4.29. The molecule has 1 aliphatic heterocycles. The molecule has 134 valence electrons. The third-order valence-electron chi connectivity index (χ3n) is 4.03. The minimum Gasteiger partial charge on any atom is -0.370 e. The second kappa shape index (κ2) is 8.17. The third kappa shape index (κ3) is 4.50. The highest BCUT2D eigenvalue weighted by molar-refractivity contribution is 6.30. The van der Waals surface area contributed by atoms with E-state index in [1.807, 2.05) is 24.3 Å². The Morgan fingerprint density at radius 2 is 1.85 bits per heavy atom. The Bertz CT molecular complexity index is 829. The molecular formula is C20H19ClN2O3. The monoisotopic (exact) mass is 370 g/mol. The van der Waals surface area contributed by atoms with Gasteiger partial charge in [0.2, 0.25) is 0 Å². The average Bonchev–Trinajstić information content (AvgIpc) is 2.65. The van der Waals surface area contributed by atoms with Crippen molar-refractivity contribution >= 4 is 40.9 Å². The molecule has 2 aromatic rings. The van der Waals surface area contributed by atoms with Crippen LogP contribution in [0.1, 0.15) is 12.5 Å². The number of benzene rings is 2.